The van der Waals surface area contributed by atoms with Crippen LogP contribution in [0.2, 0.25) is 0 Å². The number of rotatable bonds is 4. The topological polar surface area (TPSA) is 108 Å². The Bertz CT molecular complexity index is 1350. The minimum absolute atomic E-state index is 0.140. The molecule has 1 fully saturated rings. The Labute approximate surface area is 218 Å². The molecule has 1 saturated heterocycles. The van der Waals surface area contributed by atoms with E-state index in [4.69, 9.17) is 10.7 Å². The fourth-order valence-electron chi connectivity index (χ4n) is 4.38. The smallest absolute Gasteiger partial charge is 0.259 e. The number of aryl methyl sites for hydroxylation is 2. The number of piperazine rings is 1. The highest BCUT2D eigenvalue weighted by Gasteiger charge is 2.20. The lowest BCUT2D eigenvalue weighted by Gasteiger charge is -2.35. The highest BCUT2D eigenvalue weighted by molar-refractivity contribution is 6.07. The standard InChI is InChI=1S/C29H34N6O2/c1-19-15-25(32-20(2)26(19)35-13-11-34(5)12-14-35)22-17-24(27(30)31-18-22)28(36)33-23-8-6-7-21(16-23)9-10-29(3,4)37/h6-8,15-18,37H,11-14H2,1-5H3,(H2,30,31)(H,33,36). The van der Waals surface area contributed by atoms with Gasteiger partial charge in [-0.05, 0) is 70.6 Å². The highest BCUT2D eigenvalue weighted by Crippen LogP contribution is 2.30. The van der Waals surface area contributed by atoms with Crippen molar-refractivity contribution in [3.05, 3.63) is 65.0 Å². The van der Waals surface area contributed by atoms with Gasteiger partial charge >= 0.3 is 0 Å². The summed E-state index contributed by atoms with van der Waals surface area (Å²) in [4.78, 5) is 27.0. The minimum Gasteiger partial charge on any atom is -0.383 e. The van der Waals surface area contributed by atoms with Gasteiger partial charge in [0.1, 0.15) is 11.4 Å². The third-order valence-corrected chi connectivity index (χ3v) is 6.27. The number of carbonyl (C=O) groups excluding carboxylic acids is 1. The maximum Gasteiger partial charge on any atom is 0.259 e. The molecular formula is C29H34N6O2. The number of nitrogen functional groups attached to an aromatic ring is 1. The lowest BCUT2D eigenvalue weighted by atomic mass is 10.0. The number of hydrogen-bond donors (Lipinski definition) is 3. The first-order valence-corrected chi connectivity index (χ1v) is 12.3. The Morgan fingerprint density at radius 3 is 2.54 bits per heavy atom. The highest BCUT2D eigenvalue weighted by atomic mass is 16.3. The van der Waals surface area contributed by atoms with Crippen LogP contribution in [0.15, 0.2) is 42.6 Å². The number of anilines is 3. The molecule has 192 valence electrons. The van der Waals surface area contributed by atoms with Gasteiger partial charge < -0.3 is 26.0 Å². The molecule has 1 aliphatic heterocycles. The molecule has 1 amide bonds. The van der Waals surface area contributed by atoms with E-state index in [0.29, 0.717) is 11.3 Å². The number of nitrogens with zero attached hydrogens (tertiary/aromatic N) is 4. The molecule has 0 aliphatic carbocycles. The molecule has 0 unspecified atom stereocenters. The molecule has 37 heavy (non-hydrogen) atoms. The fourth-order valence-corrected chi connectivity index (χ4v) is 4.38. The van der Waals surface area contributed by atoms with Crippen molar-refractivity contribution in [3.8, 4) is 23.1 Å². The lowest BCUT2D eigenvalue weighted by Crippen LogP contribution is -2.45. The molecule has 8 heteroatoms. The summed E-state index contributed by atoms with van der Waals surface area (Å²) in [7, 11) is 2.14. The van der Waals surface area contributed by atoms with Crippen LogP contribution in [0.1, 0.15) is 41.0 Å². The average molecular weight is 499 g/mol. The normalized spacial score (nSPS) is 14.2. The van der Waals surface area contributed by atoms with E-state index in [1.54, 1.807) is 44.3 Å². The summed E-state index contributed by atoms with van der Waals surface area (Å²) in [5, 5.41) is 12.7. The first-order valence-electron chi connectivity index (χ1n) is 12.3. The molecule has 4 N–H and O–H groups in total. The molecule has 0 radical (unpaired) electrons. The van der Waals surface area contributed by atoms with E-state index in [2.05, 4.69) is 45.9 Å². The number of amides is 1. The van der Waals surface area contributed by atoms with Crippen molar-refractivity contribution in [2.24, 2.45) is 0 Å². The summed E-state index contributed by atoms with van der Waals surface area (Å²) in [6.07, 6.45) is 1.65. The maximum atomic E-state index is 13.1. The number of pyridine rings is 2. The fraction of sp³-hybridized carbons (Fsp3) is 0.345. The van der Waals surface area contributed by atoms with Crippen molar-refractivity contribution in [3.63, 3.8) is 0 Å². The monoisotopic (exact) mass is 498 g/mol. The number of hydrogen-bond acceptors (Lipinski definition) is 7. The third-order valence-electron chi connectivity index (χ3n) is 6.27. The predicted molar refractivity (Wildman–Crippen MR) is 149 cm³/mol. The number of aromatic nitrogens is 2. The van der Waals surface area contributed by atoms with Crippen molar-refractivity contribution >= 4 is 23.1 Å². The first kappa shape index (κ1) is 26.1. The van der Waals surface area contributed by atoms with Crippen LogP contribution >= 0.6 is 0 Å². The number of nitrogens with one attached hydrogen (secondary N) is 1. The van der Waals surface area contributed by atoms with Crippen molar-refractivity contribution in [2.45, 2.75) is 33.3 Å². The summed E-state index contributed by atoms with van der Waals surface area (Å²) >= 11 is 0. The third kappa shape index (κ3) is 6.45. The van der Waals surface area contributed by atoms with Crippen LogP contribution in [0.5, 0.6) is 0 Å². The average Bonchev–Trinajstić information content (AvgIpc) is 2.83. The molecule has 0 spiro atoms. The second kappa shape index (κ2) is 10.6. The van der Waals surface area contributed by atoms with Crippen molar-refractivity contribution in [1.29, 1.82) is 0 Å². The molecule has 8 nitrogen and oxygen atoms in total. The largest absolute Gasteiger partial charge is 0.383 e. The van der Waals surface area contributed by atoms with Gasteiger partial charge in [0.15, 0.2) is 0 Å². The van der Waals surface area contributed by atoms with Crippen LogP contribution < -0.4 is 16.0 Å². The van der Waals surface area contributed by atoms with Gasteiger partial charge in [-0.15, -0.1) is 0 Å². The second-order valence-corrected chi connectivity index (χ2v) is 10.0. The van der Waals surface area contributed by atoms with Gasteiger partial charge in [-0.1, -0.05) is 17.9 Å². The molecule has 3 heterocycles. The Balaban J connectivity index is 1.58. The van der Waals surface area contributed by atoms with Gasteiger partial charge in [0.2, 0.25) is 0 Å². The van der Waals surface area contributed by atoms with Crippen molar-refractivity contribution in [1.82, 2.24) is 14.9 Å². The molecule has 2 aromatic heterocycles. The van der Waals surface area contributed by atoms with Crippen LogP contribution in [0.25, 0.3) is 11.3 Å². The van der Waals surface area contributed by atoms with Gasteiger partial charge in [-0.25, -0.2) is 4.98 Å². The molecule has 0 bridgehead atoms. The van der Waals surface area contributed by atoms with E-state index in [-0.39, 0.29) is 17.3 Å². The number of benzene rings is 1. The van der Waals surface area contributed by atoms with E-state index in [9.17, 15) is 9.90 Å². The van der Waals surface area contributed by atoms with E-state index >= 15 is 0 Å². The van der Waals surface area contributed by atoms with Gasteiger partial charge in [0, 0.05) is 49.2 Å². The molecule has 0 atom stereocenters. The van der Waals surface area contributed by atoms with Gasteiger partial charge in [-0.2, -0.15) is 0 Å². The summed E-state index contributed by atoms with van der Waals surface area (Å²) < 4.78 is 0. The Morgan fingerprint density at radius 2 is 1.86 bits per heavy atom. The molecular weight excluding hydrogens is 464 g/mol. The van der Waals surface area contributed by atoms with E-state index in [0.717, 1.165) is 48.7 Å². The second-order valence-electron chi connectivity index (χ2n) is 10.0. The summed E-state index contributed by atoms with van der Waals surface area (Å²) in [6, 6.07) is 10.9. The van der Waals surface area contributed by atoms with Gasteiger partial charge in [-0.3, -0.25) is 9.78 Å². The zero-order chi connectivity index (χ0) is 26.7. The van der Waals surface area contributed by atoms with Crippen LogP contribution in [-0.2, 0) is 0 Å². The van der Waals surface area contributed by atoms with Crippen LogP contribution in [0.3, 0.4) is 0 Å². The molecule has 4 rings (SSSR count). The number of carbonyl (C=O) groups is 1. The van der Waals surface area contributed by atoms with E-state index < -0.39 is 5.60 Å². The zero-order valence-corrected chi connectivity index (χ0v) is 22.1. The van der Waals surface area contributed by atoms with Gasteiger partial charge in [0.05, 0.1) is 22.6 Å². The van der Waals surface area contributed by atoms with E-state index in [1.807, 2.05) is 19.1 Å². The zero-order valence-electron chi connectivity index (χ0n) is 22.1. The predicted octanol–water partition coefficient (Wildman–Crippen LogP) is 3.47. The van der Waals surface area contributed by atoms with Crippen LogP contribution in [0, 0.1) is 25.7 Å². The summed E-state index contributed by atoms with van der Waals surface area (Å²) in [5.74, 6) is 5.46. The number of likely N-dealkylation sites (N-methyl/N-ethyl adjacent to an activating group) is 1. The van der Waals surface area contributed by atoms with Crippen molar-refractivity contribution in [2.75, 3.05) is 49.2 Å². The Hall–Kier alpha value is -3.93. The van der Waals surface area contributed by atoms with E-state index in [1.165, 1.54) is 5.69 Å². The molecule has 1 aliphatic rings. The minimum atomic E-state index is -1.10. The molecule has 1 aromatic carbocycles. The maximum absolute atomic E-state index is 13.1. The Kier molecular flexibility index (Phi) is 7.48. The molecule has 0 saturated carbocycles. The first-order chi connectivity index (χ1) is 17.5. The molecule has 3 aromatic rings. The van der Waals surface area contributed by atoms with Crippen LogP contribution in [-0.4, -0.2) is 64.7 Å². The Morgan fingerprint density at radius 1 is 1.14 bits per heavy atom. The number of aliphatic hydroxyl groups is 1. The SMILES string of the molecule is Cc1cc(-c2cnc(N)c(C(=O)Nc3cccc(C#CC(C)(C)O)c3)c2)nc(C)c1N1CCN(C)CC1. The summed E-state index contributed by atoms with van der Waals surface area (Å²) in [6.45, 7) is 11.3. The van der Waals surface area contributed by atoms with Crippen molar-refractivity contribution < 1.29 is 9.90 Å². The summed E-state index contributed by atoms with van der Waals surface area (Å²) in [5.41, 5.74) is 11.2. The number of nitrogens with two attached hydrogens (primary N) is 1. The quantitative estimate of drug-likeness (QED) is 0.473. The van der Waals surface area contributed by atoms with Gasteiger partial charge in [0.25, 0.3) is 5.91 Å². The van der Waals surface area contributed by atoms with Crippen LogP contribution in [0.4, 0.5) is 17.2 Å². The lowest BCUT2D eigenvalue weighted by molar-refractivity contribution is 0.102.